The van der Waals surface area contributed by atoms with Gasteiger partial charge in [0.2, 0.25) is 0 Å². The Morgan fingerprint density at radius 3 is 1.67 bits per heavy atom. The van der Waals surface area contributed by atoms with E-state index in [2.05, 4.69) is 0 Å². The average Bonchev–Trinajstić information content (AvgIpc) is 2.55. The predicted molar refractivity (Wildman–Crippen MR) is 91.9 cm³/mol. The minimum Gasteiger partial charge on any atom is -0.506 e. The van der Waals surface area contributed by atoms with Gasteiger partial charge in [0.05, 0.1) is 5.02 Å². The van der Waals surface area contributed by atoms with E-state index in [0.717, 1.165) is 11.1 Å². The normalized spacial score (nSPS) is 11.0. The number of benzene rings is 3. The second-order valence-corrected chi connectivity index (χ2v) is 6.21. The first-order chi connectivity index (χ1) is 11.5. The number of hydrogen-bond acceptors (Lipinski definition) is 1. The van der Waals surface area contributed by atoms with Crippen molar-refractivity contribution in [2.75, 3.05) is 0 Å². The zero-order valence-corrected chi connectivity index (χ0v) is 13.8. The maximum absolute atomic E-state index is 13.3. The molecule has 0 aliphatic rings. The largest absolute Gasteiger partial charge is 0.506 e. The molecule has 0 aromatic heterocycles. The van der Waals surface area contributed by atoms with Gasteiger partial charge in [0.25, 0.3) is 0 Å². The van der Waals surface area contributed by atoms with Crippen molar-refractivity contribution in [2.45, 2.75) is 5.92 Å². The standard InChI is InChI=1S/C19H12Cl2F2O/c20-13-9-16(19(24)17(21)10-13)18(11-1-5-14(22)6-2-11)12-3-7-15(23)8-4-12/h1-10,18,24H. The molecule has 3 rings (SSSR count). The lowest BCUT2D eigenvalue weighted by Crippen LogP contribution is -2.04. The highest BCUT2D eigenvalue weighted by atomic mass is 35.5. The minimum atomic E-state index is -0.470. The van der Waals surface area contributed by atoms with Crippen LogP contribution in [0.15, 0.2) is 60.7 Å². The van der Waals surface area contributed by atoms with Gasteiger partial charge in [-0.15, -0.1) is 0 Å². The van der Waals surface area contributed by atoms with Crippen LogP contribution in [-0.2, 0) is 0 Å². The number of hydrogen-bond donors (Lipinski definition) is 1. The first kappa shape index (κ1) is 16.7. The first-order valence-corrected chi connectivity index (χ1v) is 7.90. The summed E-state index contributed by atoms with van der Waals surface area (Å²) in [5, 5.41) is 10.9. The third kappa shape index (κ3) is 3.37. The summed E-state index contributed by atoms with van der Waals surface area (Å²) >= 11 is 12.1. The van der Waals surface area contributed by atoms with E-state index in [-0.39, 0.29) is 22.4 Å². The van der Waals surface area contributed by atoms with Crippen molar-refractivity contribution in [3.63, 3.8) is 0 Å². The Morgan fingerprint density at radius 1 is 0.750 bits per heavy atom. The van der Waals surface area contributed by atoms with Gasteiger partial charge in [-0.25, -0.2) is 8.78 Å². The third-order valence-electron chi connectivity index (χ3n) is 3.78. The van der Waals surface area contributed by atoms with Crippen LogP contribution in [0.25, 0.3) is 0 Å². The summed E-state index contributed by atoms with van der Waals surface area (Å²) in [6, 6.07) is 14.8. The number of phenols is 1. The van der Waals surface area contributed by atoms with Gasteiger partial charge in [-0.1, -0.05) is 47.5 Å². The number of aromatic hydroxyl groups is 1. The Morgan fingerprint density at radius 2 is 1.21 bits per heavy atom. The monoisotopic (exact) mass is 364 g/mol. The number of phenolic OH excluding ortho intramolecular Hbond substituents is 1. The number of rotatable bonds is 3. The Labute approximate surface area is 148 Å². The fourth-order valence-corrected chi connectivity index (χ4v) is 3.18. The van der Waals surface area contributed by atoms with E-state index in [4.69, 9.17) is 23.2 Å². The molecule has 0 fully saturated rings. The second kappa shape index (κ2) is 6.80. The molecule has 0 unspecified atom stereocenters. The highest BCUT2D eigenvalue weighted by Gasteiger charge is 2.22. The highest BCUT2D eigenvalue weighted by molar-refractivity contribution is 6.35. The summed E-state index contributed by atoms with van der Waals surface area (Å²) in [6.45, 7) is 0. The van der Waals surface area contributed by atoms with Crippen LogP contribution in [0.3, 0.4) is 0 Å². The Kier molecular flexibility index (Phi) is 4.74. The SMILES string of the molecule is Oc1c(Cl)cc(Cl)cc1C(c1ccc(F)cc1)c1ccc(F)cc1. The summed E-state index contributed by atoms with van der Waals surface area (Å²) in [4.78, 5) is 0. The Hall–Kier alpha value is -2.10. The summed E-state index contributed by atoms with van der Waals surface area (Å²) in [5.74, 6) is -1.32. The fraction of sp³-hybridized carbons (Fsp3) is 0.0526. The molecule has 122 valence electrons. The van der Waals surface area contributed by atoms with Crippen LogP contribution in [-0.4, -0.2) is 5.11 Å². The van der Waals surface area contributed by atoms with Gasteiger partial charge in [0.1, 0.15) is 17.4 Å². The zero-order valence-electron chi connectivity index (χ0n) is 12.3. The van der Waals surface area contributed by atoms with Gasteiger partial charge in [-0.2, -0.15) is 0 Å². The van der Waals surface area contributed by atoms with Crippen molar-refractivity contribution in [3.8, 4) is 5.75 Å². The molecule has 1 nitrogen and oxygen atoms in total. The molecule has 0 aliphatic heterocycles. The fourth-order valence-electron chi connectivity index (χ4n) is 2.67. The van der Waals surface area contributed by atoms with Crippen molar-refractivity contribution in [3.05, 3.63) is 99.0 Å². The van der Waals surface area contributed by atoms with Gasteiger partial charge >= 0.3 is 0 Å². The summed E-state index contributed by atoms with van der Waals surface area (Å²) in [5.41, 5.74) is 1.90. The summed E-state index contributed by atoms with van der Waals surface area (Å²) < 4.78 is 26.5. The van der Waals surface area contributed by atoms with Crippen LogP contribution >= 0.6 is 23.2 Å². The Balaban J connectivity index is 2.22. The maximum Gasteiger partial charge on any atom is 0.138 e. The van der Waals surface area contributed by atoms with Gasteiger partial charge in [0, 0.05) is 16.5 Å². The highest BCUT2D eigenvalue weighted by Crippen LogP contribution is 2.41. The topological polar surface area (TPSA) is 20.2 Å². The van der Waals surface area contributed by atoms with Gasteiger partial charge < -0.3 is 5.11 Å². The lowest BCUT2D eigenvalue weighted by molar-refractivity contribution is 0.467. The smallest absolute Gasteiger partial charge is 0.138 e. The summed E-state index contributed by atoms with van der Waals surface area (Å²) in [7, 11) is 0. The molecule has 1 N–H and O–H groups in total. The van der Waals surface area contributed by atoms with E-state index >= 15 is 0 Å². The molecule has 3 aromatic rings. The van der Waals surface area contributed by atoms with Crippen LogP contribution in [0.1, 0.15) is 22.6 Å². The summed E-state index contributed by atoms with van der Waals surface area (Å²) in [6.07, 6.45) is 0. The molecule has 3 aromatic carbocycles. The van der Waals surface area contributed by atoms with E-state index in [1.165, 1.54) is 30.3 Å². The van der Waals surface area contributed by atoms with E-state index in [1.807, 2.05) is 0 Å². The quantitative estimate of drug-likeness (QED) is 0.552. The molecule has 0 atom stereocenters. The molecule has 0 bridgehead atoms. The maximum atomic E-state index is 13.3. The van der Waals surface area contributed by atoms with Gasteiger partial charge in [0.15, 0.2) is 0 Å². The van der Waals surface area contributed by atoms with Crippen molar-refractivity contribution >= 4 is 23.2 Å². The van der Waals surface area contributed by atoms with E-state index in [1.54, 1.807) is 30.3 Å². The molecule has 0 amide bonds. The van der Waals surface area contributed by atoms with Crippen LogP contribution < -0.4 is 0 Å². The Bertz CT molecular complexity index is 816. The molecule has 24 heavy (non-hydrogen) atoms. The molecular formula is C19H12Cl2F2O. The zero-order chi connectivity index (χ0) is 17.3. The first-order valence-electron chi connectivity index (χ1n) is 7.14. The molecule has 5 heteroatoms. The van der Waals surface area contributed by atoms with E-state index in [0.29, 0.717) is 10.6 Å². The van der Waals surface area contributed by atoms with Crippen LogP contribution in [0, 0.1) is 11.6 Å². The molecule has 0 radical (unpaired) electrons. The second-order valence-electron chi connectivity index (χ2n) is 5.36. The lowest BCUT2D eigenvalue weighted by Gasteiger charge is -2.21. The minimum absolute atomic E-state index is 0.111. The van der Waals surface area contributed by atoms with Crippen molar-refractivity contribution in [1.82, 2.24) is 0 Å². The van der Waals surface area contributed by atoms with E-state index < -0.39 is 5.92 Å². The van der Waals surface area contributed by atoms with Crippen LogP contribution in [0.4, 0.5) is 8.78 Å². The molecule has 0 saturated carbocycles. The predicted octanol–water partition coefficient (Wildman–Crippen LogP) is 6.16. The van der Waals surface area contributed by atoms with Gasteiger partial charge in [-0.05, 0) is 47.5 Å². The molecule has 0 saturated heterocycles. The molecule has 0 aliphatic carbocycles. The number of halogens is 4. The van der Waals surface area contributed by atoms with Crippen LogP contribution in [0.2, 0.25) is 10.0 Å². The molecular weight excluding hydrogens is 353 g/mol. The van der Waals surface area contributed by atoms with Crippen LogP contribution in [0.5, 0.6) is 5.75 Å². The molecule has 0 heterocycles. The average molecular weight is 365 g/mol. The van der Waals surface area contributed by atoms with Crippen molar-refractivity contribution in [1.29, 1.82) is 0 Å². The lowest BCUT2D eigenvalue weighted by atomic mass is 9.84. The third-order valence-corrected chi connectivity index (χ3v) is 4.28. The van der Waals surface area contributed by atoms with Gasteiger partial charge in [-0.3, -0.25) is 0 Å². The van der Waals surface area contributed by atoms with E-state index in [9.17, 15) is 13.9 Å². The molecule has 0 spiro atoms. The van der Waals surface area contributed by atoms with Crippen molar-refractivity contribution in [2.24, 2.45) is 0 Å². The van der Waals surface area contributed by atoms with Crippen molar-refractivity contribution < 1.29 is 13.9 Å².